The highest BCUT2D eigenvalue weighted by Gasteiger charge is 2.16. The van der Waals surface area contributed by atoms with Gasteiger partial charge in [0.25, 0.3) is 10.9 Å². The Labute approximate surface area is 148 Å². The Balaban J connectivity index is 1.74. The maximum absolute atomic E-state index is 12.2. The van der Waals surface area contributed by atoms with Crippen LogP contribution < -0.4 is 0 Å². The number of thioether (sulfide) groups is 1. The summed E-state index contributed by atoms with van der Waals surface area (Å²) in [6, 6.07) is 12.7. The van der Waals surface area contributed by atoms with E-state index in [1.54, 1.807) is 0 Å². The lowest BCUT2D eigenvalue weighted by molar-refractivity contribution is -0.384. The summed E-state index contributed by atoms with van der Waals surface area (Å²) >= 11 is 4.13. The second-order valence-electron chi connectivity index (χ2n) is 4.58. The fourth-order valence-corrected chi connectivity index (χ4v) is 2.86. The third kappa shape index (κ3) is 3.69. The Morgan fingerprint density at radius 1 is 1.17 bits per heavy atom. The molecule has 0 saturated carbocycles. The molecule has 0 unspecified atom stereocenters. The molecule has 3 rings (SSSR count). The van der Waals surface area contributed by atoms with Crippen LogP contribution in [0.3, 0.4) is 0 Å². The van der Waals surface area contributed by atoms with Gasteiger partial charge in [0.1, 0.15) is 0 Å². The molecule has 0 spiro atoms. The van der Waals surface area contributed by atoms with Crippen LogP contribution >= 0.6 is 27.7 Å². The second kappa shape index (κ2) is 6.93. The monoisotopic (exact) mass is 405 g/mol. The van der Waals surface area contributed by atoms with Gasteiger partial charge in [-0.3, -0.25) is 14.9 Å². The smallest absolute Gasteiger partial charge is 0.284 e. The summed E-state index contributed by atoms with van der Waals surface area (Å²) in [6.07, 6.45) is 0. The molecule has 9 heteroatoms. The SMILES string of the molecule is O=C(Sc1nnc(-c2cccc(Br)c2)o1)c1ccc([N+](=O)[O-])cc1. The van der Waals surface area contributed by atoms with E-state index < -0.39 is 4.92 Å². The Morgan fingerprint density at radius 2 is 1.92 bits per heavy atom. The maximum atomic E-state index is 12.2. The Kier molecular flexibility index (Phi) is 4.72. The molecule has 0 bridgehead atoms. The minimum Gasteiger partial charge on any atom is -0.411 e. The number of nitrogens with zero attached hydrogens (tertiary/aromatic N) is 3. The normalized spacial score (nSPS) is 10.5. The summed E-state index contributed by atoms with van der Waals surface area (Å²) < 4.78 is 6.34. The predicted octanol–water partition coefficient (Wildman–Crippen LogP) is 4.34. The van der Waals surface area contributed by atoms with E-state index in [1.165, 1.54) is 24.3 Å². The molecule has 0 saturated heterocycles. The Morgan fingerprint density at radius 3 is 2.58 bits per heavy atom. The van der Waals surface area contributed by atoms with E-state index in [4.69, 9.17) is 4.42 Å². The molecule has 7 nitrogen and oxygen atoms in total. The summed E-state index contributed by atoms with van der Waals surface area (Å²) in [4.78, 5) is 22.2. The minimum atomic E-state index is -0.524. The van der Waals surface area contributed by atoms with Gasteiger partial charge >= 0.3 is 0 Å². The fourth-order valence-electron chi connectivity index (χ4n) is 1.85. The van der Waals surface area contributed by atoms with Gasteiger partial charge in [0.15, 0.2) is 0 Å². The van der Waals surface area contributed by atoms with E-state index in [0.717, 1.165) is 21.8 Å². The van der Waals surface area contributed by atoms with Crippen molar-refractivity contribution in [1.82, 2.24) is 10.2 Å². The van der Waals surface area contributed by atoms with Gasteiger partial charge in [-0.25, -0.2) is 0 Å². The lowest BCUT2D eigenvalue weighted by Gasteiger charge is -1.97. The topological polar surface area (TPSA) is 99.1 Å². The number of hydrogen-bond donors (Lipinski definition) is 0. The molecule has 120 valence electrons. The first-order valence-corrected chi connectivity index (χ1v) is 8.20. The van der Waals surface area contributed by atoms with Crippen LogP contribution in [0.4, 0.5) is 5.69 Å². The van der Waals surface area contributed by atoms with Crippen LogP contribution in [-0.4, -0.2) is 20.2 Å². The molecule has 0 N–H and O–H groups in total. The molecule has 3 aromatic rings. The number of halogens is 1. The average molecular weight is 406 g/mol. The third-order valence-corrected chi connectivity index (χ3v) is 4.23. The van der Waals surface area contributed by atoms with Gasteiger partial charge in [0.2, 0.25) is 11.0 Å². The zero-order valence-corrected chi connectivity index (χ0v) is 14.3. The number of nitro groups is 1. The van der Waals surface area contributed by atoms with Gasteiger partial charge in [-0.05, 0) is 30.3 Å². The van der Waals surface area contributed by atoms with Crippen LogP contribution in [0.5, 0.6) is 0 Å². The fraction of sp³-hybridized carbons (Fsp3) is 0. The number of benzene rings is 2. The number of rotatable bonds is 4. The molecular formula is C15H8BrN3O4S. The zero-order chi connectivity index (χ0) is 17.1. The van der Waals surface area contributed by atoms with Crippen molar-refractivity contribution in [2.75, 3.05) is 0 Å². The largest absolute Gasteiger partial charge is 0.411 e. The lowest BCUT2D eigenvalue weighted by atomic mass is 10.2. The molecule has 0 radical (unpaired) electrons. The summed E-state index contributed by atoms with van der Waals surface area (Å²) in [5.41, 5.74) is 0.964. The summed E-state index contributed by atoms with van der Waals surface area (Å²) in [5, 5.41) is 18.1. The summed E-state index contributed by atoms with van der Waals surface area (Å²) in [5.74, 6) is 0.301. The third-order valence-electron chi connectivity index (χ3n) is 2.97. The van der Waals surface area contributed by atoms with Crippen molar-refractivity contribution in [3.63, 3.8) is 0 Å². The number of carbonyl (C=O) groups is 1. The number of hydrogen-bond acceptors (Lipinski definition) is 7. The van der Waals surface area contributed by atoms with Crippen molar-refractivity contribution in [3.8, 4) is 11.5 Å². The molecule has 0 fully saturated rings. The quantitative estimate of drug-likeness (QED) is 0.361. The van der Waals surface area contributed by atoms with Crippen LogP contribution in [0.15, 0.2) is 62.6 Å². The van der Waals surface area contributed by atoms with Crippen LogP contribution in [0.25, 0.3) is 11.5 Å². The highest BCUT2D eigenvalue weighted by molar-refractivity contribution is 9.10. The summed E-state index contributed by atoms with van der Waals surface area (Å²) in [6.45, 7) is 0. The lowest BCUT2D eigenvalue weighted by Crippen LogP contribution is -1.94. The Bertz CT molecular complexity index is 911. The minimum absolute atomic E-state index is 0.0775. The Hall–Kier alpha value is -2.52. The van der Waals surface area contributed by atoms with Gasteiger partial charge < -0.3 is 4.42 Å². The van der Waals surface area contributed by atoms with Gasteiger partial charge in [-0.2, -0.15) is 0 Å². The highest BCUT2D eigenvalue weighted by Crippen LogP contribution is 2.27. The average Bonchev–Trinajstić information content (AvgIpc) is 3.03. The number of non-ortho nitro benzene ring substituents is 1. The number of aromatic nitrogens is 2. The van der Waals surface area contributed by atoms with E-state index in [2.05, 4.69) is 26.1 Å². The van der Waals surface area contributed by atoms with Crippen molar-refractivity contribution in [1.29, 1.82) is 0 Å². The molecular weight excluding hydrogens is 398 g/mol. The van der Waals surface area contributed by atoms with Crippen molar-refractivity contribution in [3.05, 3.63) is 68.7 Å². The second-order valence-corrected chi connectivity index (χ2v) is 6.42. The van der Waals surface area contributed by atoms with Gasteiger partial charge in [0.05, 0.1) is 4.92 Å². The van der Waals surface area contributed by atoms with Crippen molar-refractivity contribution >= 4 is 38.5 Å². The van der Waals surface area contributed by atoms with Gasteiger partial charge in [0, 0.05) is 39.5 Å². The number of carbonyl (C=O) groups excluding carboxylic acids is 1. The first-order chi connectivity index (χ1) is 11.5. The van der Waals surface area contributed by atoms with E-state index >= 15 is 0 Å². The van der Waals surface area contributed by atoms with E-state index in [0.29, 0.717) is 11.5 Å². The molecule has 0 aliphatic carbocycles. The standard InChI is InChI=1S/C15H8BrN3O4S/c16-11-3-1-2-10(8-11)13-17-18-15(23-13)24-14(20)9-4-6-12(7-5-9)19(21)22/h1-8H. The molecule has 2 aromatic carbocycles. The van der Waals surface area contributed by atoms with Crippen molar-refractivity contribution in [2.24, 2.45) is 0 Å². The van der Waals surface area contributed by atoms with E-state index in [-0.39, 0.29) is 16.0 Å². The molecule has 24 heavy (non-hydrogen) atoms. The first kappa shape index (κ1) is 16.3. The summed E-state index contributed by atoms with van der Waals surface area (Å²) in [7, 11) is 0. The maximum Gasteiger partial charge on any atom is 0.284 e. The molecule has 0 aliphatic rings. The molecule has 0 aliphatic heterocycles. The number of nitro benzene ring substituents is 1. The van der Waals surface area contributed by atoms with Crippen LogP contribution in [0, 0.1) is 10.1 Å². The van der Waals surface area contributed by atoms with Crippen molar-refractivity contribution < 1.29 is 14.1 Å². The highest BCUT2D eigenvalue weighted by atomic mass is 79.9. The first-order valence-electron chi connectivity index (χ1n) is 6.59. The van der Waals surface area contributed by atoms with Crippen LogP contribution in [-0.2, 0) is 0 Å². The van der Waals surface area contributed by atoms with Crippen molar-refractivity contribution in [2.45, 2.75) is 5.22 Å². The molecule has 1 aromatic heterocycles. The van der Waals surface area contributed by atoms with Crippen LogP contribution in [0.2, 0.25) is 0 Å². The predicted molar refractivity (Wildman–Crippen MR) is 90.7 cm³/mol. The molecule has 0 amide bonds. The molecule has 0 atom stereocenters. The van der Waals surface area contributed by atoms with Crippen LogP contribution in [0.1, 0.15) is 10.4 Å². The van der Waals surface area contributed by atoms with Gasteiger partial charge in [-0.1, -0.05) is 22.0 Å². The van der Waals surface area contributed by atoms with E-state index in [9.17, 15) is 14.9 Å². The van der Waals surface area contributed by atoms with E-state index in [1.807, 2.05) is 24.3 Å². The van der Waals surface area contributed by atoms with Gasteiger partial charge in [-0.15, -0.1) is 10.2 Å². The molecule has 1 heterocycles. The zero-order valence-electron chi connectivity index (χ0n) is 11.9.